The number of methoxy groups -OCH3 is 1. The molecule has 2 amide bonds. The van der Waals surface area contributed by atoms with Gasteiger partial charge in [-0.25, -0.2) is 4.98 Å². The van der Waals surface area contributed by atoms with Crippen LogP contribution in [0.4, 0.5) is 5.82 Å². The number of H-pyrrole nitrogens is 1. The second-order valence-electron chi connectivity index (χ2n) is 7.81. The summed E-state index contributed by atoms with van der Waals surface area (Å²) in [6, 6.07) is 13.1. The minimum Gasteiger partial charge on any atom is -0.493 e. The summed E-state index contributed by atoms with van der Waals surface area (Å²) in [4.78, 5) is 31.6. The molecule has 0 radical (unpaired) electrons. The van der Waals surface area contributed by atoms with Crippen molar-refractivity contribution in [1.29, 1.82) is 0 Å². The number of benzene rings is 2. The van der Waals surface area contributed by atoms with E-state index in [2.05, 4.69) is 20.4 Å². The van der Waals surface area contributed by atoms with Gasteiger partial charge in [-0.05, 0) is 36.8 Å². The first kappa shape index (κ1) is 20.6. The molecule has 0 fully saturated rings. The van der Waals surface area contributed by atoms with Crippen molar-refractivity contribution in [3.8, 4) is 17.4 Å². The summed E-state index contributed by atoms with van der Waals surface area (Å²) in [5.41, 5.74) is 9.41. The predicted molar refractivity (Wildman–Crippen MR) is 121 cm³/mol. The molecule has 1 aliphatic heterocycles. The Morgan fingerprint density at radius 1 is 1.24 bits per heavy atom. The number of ether oxygens (including phenoxy) is 2. The molecule has 10 heteroatoms. The average Bonchev–Trinajstić information content (AvgIpc) is 3.38. The van der Waals surface area contributed by atoms with E-state index in [0.29, 0.717) is 23.3 Å². The van der Waals surface area contributed by atoms with Crippen LogP contribution in [-0.4, -0.2) is 45.3 Å². The topological polar surface area (TPSA) is 137 Å². The van der Waals surface area contributed by atoms with Gasteiger partial charge in [0, 0.05) is 17.9 Å². The fourth-order valence-corrected chi connectivity index (χ4v) is 4.19. The van der Waals surface area contributed by atoms with Crippen molar-refractivity contribution in [2.75, 3.05) is 19.0 Å². The lowest BCUT2D eigenvalue weighted by Gasteiger charge is -2.24. The molecule has 0 bridgehead atoms. The van der Waals surface area contributed by atoms with Gasteiger partial charge in [-0.3, -0.25) is 9.59 Å². The summed E-state index contributed by atoms with van der Waals surface area (Å²) in [6.45, 7) is 1.65. The first-order chi connectivity index (χ1) is 15.9. The number of primary amides is 1. The first-order valence-corrected chi connectivity index (χ1v) is 10.4. The Morgan fingerprint density at radius 3 is 2.82 bits per heavy atom. The van der Waals surface area contributed by atoms with Crippen molar-refractivity contribution in [3.63, 3.8) is 0 Å². The highest BCUT2D eigenvalue weighted by molar-refractivity contribution is 5.95. The van der Waals surface area contributed by atoms with E-state index in [0.717, 1.165) is 27.9 Å². The number of aryl methyl sites for hydroxylation is 1. The number of imidazole rings is 1. The summed E-state index contributed by atoms with van der Waals surface area (Å²) in [5, 5.41) is 7.64. The summed E-state index contributed by atoms with van der Waals surface area (Å²) in [6.07, 6.45) is 0.254. The van der Waals surface area contributed by atoms with E-state index < -0.39 is 5.91 Å². The Balaban J connectivity index is 1.57. The number of hydrogen-bond acceptors (Lipinski definition) is 6. The minimum absolute atomic E-state index is 0.127. The number of nitrogens with two attached hydrogens (primary N) is 1. The van der Waals surface area contributed by atoms with Crippen LogP contribution in [0.15, 0.2) is 42.5 Å². The number of rotatable bonds is 6. The maximum absolute atomic E-state index is 12.7. The second-order valence-corrected chi connectivity index (χ2v) is 7.81. The van der Waals surface area contributed by atoms with Crippen molar-refractivity contribution >= 4 is 28.7 Å². The van der Waals surface area contributed by atoms with E-state index in [9.17, 15) is 9.59 Å². The molecular weight excluding hydrogens is 424 g/mol. The van der Waals surface area contributed by atoms with Gasteiger partial charge in [-0.1, -0.05) is 18.2 Å². The van der Waals surface area contributed by atoms with Crippen LogP contribution in [0.2, 0.25) is 0 Å². The first-order valence-electron chi connectivity index (χ1n) is 10.4. The number of carbonyl (C=O) groups is 2. The highest BCUT2D eigenvalue weighted by Crippen LogP contribution is 2.42. The van der Waals surface area contributed by atoms with Crippen LogP contribution in [0.1, 0.15) is 29.2 Å². The Labute approximate surface area is 188 Å². The van der Waals surface area contributed by atoms with Gasteiger partial charge < -0.3 is 25.5 Å². The quantitative estimate of drug-likeness (QED) is 0.416. The van der Waals surface area contributed by atoms with Crippen molar-refractivity contribution < 1.29 is 19.1 Å². The van der Waals surface area contributed by atoms with E-state index in [-0.39, 0.29) is 24.9 Å². The van der Waals surface area contributed by atoms with Crippen LogP contribution in [0, 0.1) is 6.92 Å². The zero-order chi connectivity index (χ0) is 23.1. The molecule has 4 N–H and O–H groups in total. The molecule has 33 heavy (non-hydrogen) atoms. The molecular formula is C23H22N6O4. The molecule has 0 aliphatic carbocycles. The second kappa shape index (κ2) is 7.97. The van der Waals surface area contributed by atoms with Crippen LogP contribution in [-0.2, 0) is 9.59 Å². The summed E-state index contributed by atoms with van der Waals surface area (Å²) in [5.74, 6) is 1.00. The summed E-state index contributed by atoms with van der Waals surface area (Å²) < 4.78 is 12.5. The number of aromatic amines is 1. The molecule has 1 aliphatic rings. The predicted octanol–water partition coefficient (Wildman–Crippen LogP) is 2.40. The van der Waals surface area contributed by atoms with Crippen molar-refractivity contribution in [1.82, 2.24) is 19.7 Å². The largest absolute Gasteiger partial charge is 0.493 e. The molecule has 1 unspecified atom stereocenters. The number of aromatic nitrogens is 4. The molecule has 0 saturated heterocycles. The average molecular weight is 446 g/mol. The standard InChI is InChI=1S/C23H22N6O4/c1-12-21-14(13-7-8-17(18(9-13)32-2)33-11-19(24)30)10-20(31)27-22(21)29(28-12)23-25-15-5-3-4-6-16(15)26-23/h3-9,14H,10-11H2,1-2H3,(H2,24,30)(H,25,26)(H,27,31). The number of nitrogens with zero attached hydrogens (tertiary/aromatic N) is 3. The van der Waals surface area contributed by atoms with Crippen molar-refractivity contribution in [2.45, 2.75) is 19.3 Å². The molecule has 0 saturated carbocycles. The monoisotopic (exact) mass is 446 g/mol. The Morgan fingerprint density at radius 2 is 2.06 bits per heavy atom. The van der Waals surface area contributed by atoms with Gasteiger partial charge in [0.05, 0.1) is 23.8 Å². The molecule has 2 aromatic heterocycles. The third-order valence-electron chi connectivity index (χ3n) is 5.64. The smallest absolute Gasteiger partial charge is 0.255 e. The molecule has 0 spiro atoms. The molecule has 2 aromatic carbocycles. The number of nitrogens with one attached hydrogen (secondary N) is 2. The lowest BCUT2D eigenvalue weighted by molar-refractivity contribution is -0.120. The maximum atomic E-state index is 12.7. The number of hydrogen-bond donors (Lipinski definition) is 3. The summed E-state index contributed by atoms with van der Waals surface area (Å²) >= 11 is 0. The summed E-state index contributed by atoms with van der Waals surface area (Å²) in [7, 11) is 1.51. The van der Waals surface area contributed by atoms with Crippen LogP contribution in [0.25, 0.3) is 17.0 Å². The van der Waals surface area contributed by atoms with Gasteiger partial charge in [0.2, 0.25) is 11.9 Å². The van der Waals surface area contributed by atoms with E-state index >= 15 is 0 Å². The van der Waals surface area contributed by atoms with E-state index in [4.69, 9.17) is 15.2 Å². The number of fused-ring (bicyclic) bond motifs is 2. The van der Waals surface area contributed by atoms with Gasteiger partial charge in [-0.2, -0.15) is 9.78 Å². The Bertz CT molecular complexity index is 1360. The highest BCUT2D eigenvalue weighted by atomic mass is 16.5. The zero-order valence-corrected chi connectivity index (χ0v) is 18.1. The van der Waals surface area contributed by atoms with Gasteiger partial charge in [0.1, 0.15) is 5.82 Å². The van der Waals surface area contributed by atoms with Crippen molar-refractivity contribution in [3.05, 3.63) is 59.3 Å². The molecule has 4 aromatic rings. The maximum Gasteiger partial charge on any atom is 0.255 e. The van der Waals surface area contributed by atoms with E-state index in [1.54, 1.807) is 16.8 Å². The third-order valence-corrected chi connectivity index (χ3v) is 5.64. The molecule has 168 valence electrons. The number of carbonyl (C=O) groups excluding carboxylic acids is 2. The normalized spacial score (nSPS) is 15.2. The Kier molecular flexibility index (Phi) is 4.97. The zero-order valence-electron chi connectivity index (χ0n) is 18.1. The number of amides is 2. The Hall–Kier alpha value is -4.34. The van der Waals surface area contributed by atoms with Crippen LogP contribution in [0.3, 0.4) is 0 Å². The van der Waals surface area contributed by atoms with Crippen molar-refractivity contribution in [2.24, 2.45) is 5.73 Å². The lowest BCUT2D eigenvalue weighted by atomic mass is 9.85. The molecule has 10 nitrogen and oxygen atoms in total. The van der Waals surface area contributed by atoms with Gasteiger partial charge in [0.25, 0.3) is 5.91 Å². The highest BCUT2D eigenvalue weighted by Gasteiger charge is 2.33. The number of para-hydroxylation sites is 2. The minimum atomic E-state index is -0.580. The fraction of sp³-hybridized carbons (Fsp3) is 0.217. The van der Waals surface area contributed by atoms with Crippen LogP contribution < -0.4 is 20.5 Å². The lowest BCUT2D eigenvalue weighted by Crippen LogP contribution is -2.25. The number of anilines is 1. The van der Waals surface area contributed by atoms with E-state index in [1.165, 1.54) is 7.11 Å². The van der Waals surface area contributed by atoms with Gasteiger partial charge in [0.15, 0.2) is 18.1 Å². The van der Waals surface area contributed by atoms with Crippen LogP contribution in [0.5, 0.6) is 11.5 Å². The van der Waals surface area contributed by atoms with Gasteiger partial charge >= 0.3 is 0 Å². The third kappa shape index (κ3) is 3.65. The van der Waals surface area contributed by atoms with Crippen LogP contribution >= 0.6 is 0 Å². The molecule has 3 heterocycles. The fourth-order valence-electron chi connectivity index (χ4n) is 4.19. The molecule has 5 rings (SSSR count). The van der Waals surface area contributed by atoms with E-state index in [1.807, 2.05) is 37.3 Å². The SMILES string of the molecule is COc1cc(C2CC(=O)Nc3c2c(C)nn3-c2nc3ccccc3[nH]2)ccc1OCC(N)=O. The van der Waals surface area contributed by atoms with Gasteiger partial charge in [-0.15, -0.1) is 0 Å². The molecule has 1 atom stereocenters.